The van der Waals surface area contributed by atoms with E-state index in [9.17, 15) is 4.79 Å². The van der Waals surface area contributed by atoms with Gasteiger partial charge < -0.3 is 15.0 Å². The van der Waals surface area contributed by atoms with Crippen LogP contribution >= 0.6 is 0 Å². The molecular formula is C10H16N4O2. The smallest absolute Gasteiger partial charge is 0.374 e. The molecule has 16 heavy (non-hydrogen) atoms. The summed E-state index contributed by atoms with van der Waals surface area (Å²) in [6.07, 6.45) is 0.897. The van der Waals surface area contributed by atoms with Crippen molar-refractivity contribution in [3.63, 3.8) is 0 Å². The second-order valence-electron chi connectivity index (χ2n) is 4.37. The quantitative estimate of drug-likeness (QED) is 0.771. The van der Waals surface area contributed by atoms with Gasteiger partial charge in [-0.25, -0.2) is 4.79 Å². The summed E-state index contributed by atoms with van der Waals surface area (Å²) >= 11 is 0. The van der Waals surface area contributed by atoms with E-state index in [2.05, 4.69) is 29.4 Å². The minimum Gasteiger partial charge on any atom is -0.475 e. The molecule has 88 valence electrons. The molecule has 0 aliphatic carbocycles. The number of carboxylic acids is 1. The predicted octanol–water partition coefficient (Wildman–Crippen LogP) is 0.667. The molecule has 0 saturated carbocycles. The topological polar surface area (TPSA) is 80.0 Å². The number of aromatic carboxylic acids is 1. The highest BCUT2D eigenvalue weighted by Gasteiger charge is 2.27. The number of rotatable bonds is 2. The van der Waals surface area contributed by atoms with Crippen LogP contribution in [0, 0.1) is 5.92 Å². The highest BCUT2D eigenvalue weighted by molar-refractivity contribution is 5.83. The molecule has 1 aromatic rings. The summed E-state index contributed by atoms with van der Waals surface area (Å²) in [5, 5.41) is 20.1. The molecule has 6 nitrogen and oxygen atoms in total. The van der Waals surface area contributed by atoms with Crippen LogP contribution in [0.1, 0.15) is 42.8 Å². The molecule has 0 bridgehead atoms. The van der Waals surface area contributed by atoms with Gasteiger partial charge in [0.2, 0.25) is 5.82 Å². The standard InChI is InChI=1S/C10H16N4O2/c1-6(2)7-8-12-13-9(10(15)16)14(8)5-3-4-11-7/h6-7,11H,3-5H2,1-2H3,(H,15,16)/t7-/m0/s1. The van der Waals surface area contributed by atoms with E-state index in [1.54, 1.807) is 4.57 Å². The van der Waals surface area contributed by atoms with Crippen molar-refractivity contribution in [1.29, 1.82) is 0 Å². The van der Waals surface area contributed by atoms with Crippen LogP contribution in [0.25, 0.3) is 0 Å². The van der Waals surface area contributed by atoms with Gasteiger partial charge >= 0.3 is 5.97 Å². The maximum Gasteiger partial charge on any atom is 0.374 e. The zero-order valence-electron chi connectivity index (χ0n) is 9.47. The van der Waals surface area contributed by atoms with Crippen LogP contribution in [0.2, 0.25) is 0 Å². The summed E-state index contributed by atoms with van der Waals surface area (Å²) in [6, 6.07) is 0.0862. The number of nitrogens with one attached hydrogen (secondary N) is 1. The molecule has 2 N–H and O–H groups in total. The third-order valence-corrected chi connectivity index (χ3v) is 2.84. The number of hydrogen-bond acceptors (Lipinski definition) is 4. The molecule has 2 rings (SSSR count). The first-order valence-electron chi connectivity index (χ1n) is 5.51. The van der Waals surface area contributed by atoms with Gasteiger partial charge in [-0.15, -0.1) is 10.2 Å². The summed E-state index contributed by atoms with van der Waals surface area (Å²) < 4.78 is 1.72. The zero-order chi connectivity index (χ0) is 11.7. The Labute approximate surface area is 93.7 Å². The van der Waals surface area contributed by atoms with Gasteiger partial charge in [0.05, 0.1) is 6.04 Å². The Morgan fingerprint density at radius 1 is 1.56 bits per heavy atom. The van der Waals surface area contributed by atoms with Gasteiger partial charge in [0.1, 0.15) is 0 Å². The molecule has 0 unspecified atom stereocenters. The Kier molecular flexibility index (Phi) is 2.91. The maximum absolute atomic E-state index is 11.0. The summed E-state index contributed by atoms with van der Waals surface area (Å²) in [4.78, 5) is 11.0. The second-order valence-corrected chi connectivity index (χ2v) is 4.37. The van der Waals surface area contributed by atoms with Gasteiger partial charge in [0.15, 0.2) is 5.82 Å². The number of hydrogen-bond donors (Lipinski definition) is 2. The van der Waals surface area contributed by atoms with Crippen molar-refractivity contribution in [2.24, 2.45) is 5.92 Å². The van der Waals surface area contributed by atoms with Crippen LogP contribution in [0.15, 0.2) is 0 Å². The fourth-order valence-electron chi connectivity index (χ4n) is 2.04. The van der Waals surface area contributed by atoms with Crippen LogP contribution in [0.5, 0.6) is 0 Å². The van der Waals surface area contributed by atoms with Crippen molar-refractivity contribution >= 4 is 5.97 Å². The summed E-state index contributed by atoms with van der Waals surface area (Å²) in [5.41, 5.74) is 0. The Morgan fingerprint density at radius 3 is 2.94 bits per heavy atom. The molecule has 0 saturated heterocycles. The van der Waals surface area contributed by atoms with Crippen LogP contribution in [-0.4, -0.2) is 32.4 Å². The van der Waals surface area contributed by atoms with Crippen LogP contribution in [-0.2, 0) is 6.54 Å². The fourth-order valence-corrected chi connectivity index (χ4v) is 2.04. The number of carbonyl (C=O) groups is 1. The lowest BCUT2D eigenvalue weighted by Gasteiger charge is -2.18. The zero-order valence-corrected chi connectivity index (χ0v) is 9.47. The second kappa shape index (κ2) is 4.21. The van der Waals surface area contributed by atoms with Crippen LogP contribution in [0.4, 0.5) is 0 Å². The summed E-state index contributed by atoms with van der Waals surface area (Å²) in [6.45, 7) is 5.72. The Bertz CT molecular complexity index is 400. The van der Waals surface area contributed by atoms with E-state index < -0.39 is 5.97 Å². The number of aromatic nitrogens is 3. The number of fused-ring (bicyclic) bond motifs is 1. The molecular weight excluding hydrogens is 208 g/mol. The van der Waals surface area contributed by atoms with Crippen molar-refractivity contribution in [2.75, 3.05) is 6.54 Å². The van der Waals surface area contributed by atoms with E-state index in [1.165, 1.54) is 0 Å². The van der Waals surface area contributed by atoms with E-state index >= 15 is 0 Å². The molecule has 0 fully saturated rings. The van der Waals surface area contributed by atoms with Crippen molar-refractivity contribution in [3.05, 3.63) is 11.6 Å². The molecule has 1 aliphatic heterocycles. The number of carboxylic acid groups (broad SMARTS) is 1. The highest BCUT2D eigenvalue weighted by atomic mass is 16.4. The lowest BCUT2D eigenvalue weighted by atomic mass is 10.0. The lowest BCUT2D eigenvalue weighted by molar-refractivity contribution is 0.0677. The lowest BCUT2D eigenvalue weighted by Crippen LogP contribution is -2.26. The average Bonchev–Trinajstić information content (AvgIpc) is 2.51. The van der Waals surface area contributed by atoms with E-state index in [1.807, 2.05) is 0 Å². The molecule has 0 spiro atoms. The molecule has 6 heteroatoms. The van der Waals surface area contributed by atoms with Gasteiger partial charge in [0, 0.05) is 6.54 Å². The van der Waals surface area contributed by atoms with Gasteiger partial charge in [-0.2, -0.15) is 0 Å². The monoisotopic (exact) mass is 224 g/mol. The van der Waals surface area contributed by atoms with Crippen molar-refractivity contribution in [3.8, 4) is 0 Å². The third-order valence-electron chi connectivity index (χ3n) is 2.84. The molecule has 2 heterocycles. The Morgan fingerprint density at radius 2 is 2.31 bits per heavy atom. The average molecular weight is 224 g/mol. The fraction of sp³-hybridized carbons (Fsp3) is 0.700. The predicted molar refractivity (Wildman–Crippen MR) is 57.2 cm³/mol. The van der Waals surface area contributed by atoms with Crippen molar-refractivity contribution in [1.82, 2.24) is 20.1 Å². The van der Waals surface area contributed by atoms with Gasteiger partial charge in [0.25, 0.3) is 0 Å². The van der Waals surface area contributed by atoms with Crippen molar-refractivity contribution in [2.45, 2.75) is 32.9 Å². The summed E-state index contributed by atoms with van der Waals surface area (Å²) in [7, 11) is 0. The maximum atomic E-state index is 11.0. The Hall–Kier alpha value is -1.43. The first kappa shape index (κ1) is 11.1. The summed E-state index contributed by atoms with van der Waals surface area (Å²) in [5.74, 6) is 0.139. The molecule has 1 atom stereocenters. The number of nitrogens with zero attached hydrogens (tertiary/aromatic N) is 3. The molecule has 1 aromatic heterocycles. The van der Waals surface area contributed by atoms with E-state index in [4.69, 9.17) is 5.11 Å². The first-order valence-corrected chi connectivity index (χ1v) is 5.51. The van der Waals surface area contributed by atoms with Crippen molar-refractivity contribution < 1.29 is 9.90 Å². The molecule has 0 radical (unpaired) electrons. The van der Waals surface area contributed by atoms with E-state index in [0.29, 0.717) is 12.5 Å². The minimum absolute atomic E-state index is 0.0457. The van der Waals surface area contributed by atoms with Gasteiger partial charge in [-0.1, -0.05) is 13.8 Å². The SMILES string of the molecule is CC(C)[C@@H]1NCCCn2c(C(=O)O)nnc21. The highest BCUT2D eigenvalue weighted by Crippen LogP contribution is 2.23. The largest absolute Gasteiger partial charge is 0.475 e. The molecule has 1 aliphatic rings. The molecule has 0 amide bonds. The van der Waals surface area contributed by atoms with E-state index in [0.717, 1.165) is 18.8 Å². The minimum atomic E-state index is -1.01. The van der Waals surface area contributed by atoms with Crippen LogP contribution in [0.3, 0.4) is 0 Å². The first-order chi connectivity index (χ1) is 7.61. The third kappa shape index (κ3) is 1.80. The normalized spacial score (nSPS) is 20.6. The van der Waals surface area contributed by atoms with Gasteiger partial charge in [-0.05, 0) is 18.9 Å². The van der Waals surface area contributed by atoms with Gasteiger partial charge in [-0.3, -0.25) is 0 Å². The molecule has 0 aromatic carbocycles. The van der Waals surface area contributed by atoms with Crippen LogP contribution < -0.4 is 5.32 Å². The Balaban J connectivity index is 2.43. The van der Waals surface area contributed by atoms with E-state index in [-0.39, 0.29) is 11.9 Å².